The van der Waals surface area contributed by atoms with Crippen molar-refractivity contribution < 1.29 is 17.9 Å². The number of hydrogen-bond donors (Lipinski definition) is 1. The van der Waals surface area contributed by atoms with E-state index in [0.717, 1.165) is 12.5 Å². The minimum Gasteiger partial charge on any atom is -0.459 e. The SMILES string of the molecule is CCCC(C)OC(=O)c1c(Cl)ccc(S(N)(=O)=O)c1Cl. The molecule has 0 fully saturated rings. The van der Waals surface area contributed by atoms with Crippen molar-refractivity contribution in [2.24, 2.45) is 5.14 Å². The first-order chi connectivity index (χ1) is 9.18. The van der Waals surface area contributed by atoms with Gasteiger partial charge in [-0.05, 0) is 25.5 Å². The van der Waals surface area contributed by atoms with E-state index >= 15 is 0 Å². The summed E-state index contributed by atoms with van der Waals surface area (Å²) in [6, 6.07) is 2.39. The molecule has 0 aliphatic carbocycles. The van der Waals surface area contributed by atoms with Gasteiger partial charge in [-0.25, -0.2) is 18.4 Å². The van der Waals surface area contributed by atoms with Gasteiger partial charge in [0.25, 0.3) is 0 Å². The van der Waals surface area contributed by atoms with Crippen LogP contribution in [0.2, 0.25) is 10.0 Å². The summed E-state index contributed by atoms with van der Waals surface area (Å²) in [6.07, 6.45) is 1.20. The molecule has 8 heteroatoms. The van der Waals surface area contributed by atoms with Crippen LogP contribution in [-0.4, -0.2) is 20.5 Å². The van der Waals surface area contributed by atoms with Gasteiger partial charge < -0.3 is 4.74 Å². The Morgan fingerprint density at radius 2 is 2.00 bits per heavy atom. The van der Waals surface area contributed by atoms with Gasteiger partial charge in [0.15, 0.2) is 0 Å². The zero-order chi connectivity index (χ0) is 15.5. The molecule has 1 rings (SSSR count). The molecule has 0 bridgehead atoms. The lowest BCUT2D eigenvalue weighted by atomic mass is 10.2. The summed E-state index contributed by atoms with van der Waals surface area (Å²) < 4.78 is 27.9. The monoisotopic (exact) mass is 339 g/mol. The molecule has 0 saturated heterocycles. The van der Waals surface area contributed by atoms with Crippen molar-refractivity contribution in [1.82, 2.24) is 0 Å². The van der Waals surface area contributed by atoms with E-state index in [-0.39, 0.29) is 26.6 Å². The molecule has 0 spiro atoms. The largest absolute Gasteiger partial charge is 0.459 e. The number of sulfonamides is 1. The second kappa shape index (κ2) is 6.76. The summed E-state index contributed by atoms with van der Waals surface area (Å²) in [7, 11) is -4.04. The van der Waals surface area contributed by atoms with Gasteiger partial charge in [0, 0.05) is 0 Å². The normalized spacial score (nSPS) is 13.1. The summed E-state index contributed by atoms with van der Waals surface area (Å²) >= 11 is 11.8. The fourth-order valence-electron chi connectivity index (χ4n) is 1.65. The molecule has 0 aliphatic rings. The van der Waals surface area contributed by atoms with E-state index in [4.69, 9.17) is 33.1 Å². The fraction of sp³-hybridized carbons (Fsp3) is 0.417. The van der Waals surface area contributed by atoms with Crippen LogP contribution >= 0.6 is 23.2 Å². The molecular formula is C12H15Cl2NO4S. The number of ether oxygens (including phenoxy) is 1. The smallest absolute Gasteiger partial charge is 0.341 e. The third-order valence-corrected chi connectivity index (χ3v) is 4.34. The molecule has 0 amide bonds. The Balaban J connectivity index is 3.21. The Kier molecular flexibility index (Phi) is 5.82. The van der Waals surface area contributed by atoms with E-state index in [9.17, 15) is 13.2 Å². The molecule has 2 N–H and O–H groups in total. The molecule has 112 valence electrons. The van der Waals surface area contributed by atoms with Crippen LogP contribution in [0.3, 0.4) is 0 Å². The van der Waals surface area contributed by atoms with Crippen molar-refractivity contribution in [3.8, 4) is 0 Å². The molecule has 0 aromatic heterocycles. The Bertz CT molecular complexity index is 616. The summed E-state index contributed by atoms with van der Waals surface area (Å²) in [5.41, 5.74) is -0.192. The highest BCUT2D eigenvalue weighted by Gasteiger charge is 2.24. The Hall–Kier alpha value is -0.820. The van der Waals surface area contributed by atoms with Crippen LogP contribution in [0.15, 0.2) is 17.0 Å². The van der Waals surface area contributed by atoms with E-state index in [1.54, 1.807) is 6.92 Å². The van der Waals surface area contributed by atoms with Crippen molar-refractivity contribution in [3.63, 3.8) is 0 Å². The van der Waals surface area contributed by atoms with Crippen LogP contribution in [0.5, 0.6) is 0 Å². The number of primary sulfonamides is 1. The number of esters is 1. The zero-order valence-electron chi connectivity index (χ0n) is 11.0. The van der Waals surface area contributed by atoms with Gasteiger partial charge in [-0.2, -0.15) is 0 Å². The first kappa shape index (κ1) is 17.2. The number of nitrogens with two attached hydrogens (primary N) is 1. The molecule has 0 heterocycles. The second-order valence-corrected chi connectivity index (χ2v) is 6.60. The van der Waals surface area contributed by atoms with E-state index in [1.807, 2.05) is 6.92 Å². The number of carbonyl (C=O) groups excluding carboxylic acids is 1. The second-order valence-electron chi connectivity index (χ2n) is 4.28. The van der Waals surface area contributed by atoms with Gasteiger partial charge in [0.05, 0.1) is 21.7 Å². The average Bonchev–Trinajstić information content (AvgIpc) is 2.26. The first-order valence-corrected chi connectivity index (χ1v) is 8.20. The van der Waals surface area contributed by atoms with Crippen LogP contribution < -0.4 is 5.14 Å². The number of halogens is 2. The van der Waals surface area contributed by atoms with E-state index in [1.165, 1.54) is 6.07 Å². The molecule has 0 saturated carbocycles. The molecule has 5 nitrogen and oxygen atoms in total. The molecule has 0 aliphatic heterocycles. The predicted molar refractivity (Wildman–Crippen MR) is 77.6 cm³/mol. The first-order valence-electron chi connectivity index (χ1n) is 5.90. The van der Waals surface area contributed by atoms with Crippen molar-refractivity contribution in [2.75, 3.05) is 0 Å². The van der Waals surface area contributed by atoms with Gasteiger partial charge >= 0.3 is 5.97 Å². The maximum atomic E-state index is 12.0. The van der Waals surface area contributed by atoms with Crippen LogP contribution in [0.1, 0.15) is 37.0 Å². The minimum atomic E-state index is -4.04. The Morgan fingerprint density at radius 3 is 2.50 bits per heavy atom. The van der Waals surface area contributed by atoms with Crippen LogP contribution in [0.4, 0.5) is 0 Å². The van der Waals surface area contributed by atoms with Crippen LogP contribution in [-0.2, 0) is 14.8 Å². The van der Waals surface area contributed by atoms with Gasteiger partial charge in [-0.15, -0.1) is 0 Å². The zero-order valence-corrected chi connectivity index (χ0v) is 13.3. The summed E-state index contributed by atoms with van der Waals surface area (Å²) in [6.45, 7) is 3.68. The molecule has 1 aromatic rings. The molecule has 1 unspecified atom stereocenters. The lowest BCUT2D eigenvalue weighted by molar-refractivity contribution is 0.0323. The van der Waals surface area contributed by atoms with Gasteiger partial charge in [-0.3, -0.25) is 0 Å². The molecule has 0 radical (unpaired) electrons. The number of carbonyl (C=O) groups is 1. The quantitative estimate of drug-likeness (QED) is 0.835. The summed E-state index contributed by atoms with van der Waals surface area (Å²) in [5.74, 6) is -0.772. The van der Waals surface area contributed by atoms with Gasteiger partial charge in [0.2, 0.25) is 10.0 Å². The fourth-order valence-corrected chi connectivity index (χ4v) is 3.10. The maximum Gasteiger partial charge on any atom is 0.341 e. The highest BCUT2D eigenvalue weighted by atomic mass is 35.5. The van der Waals surface area contributed by atoms with Crippen LogP contribution in [0, 0.1) is 0 Å². The van der Waals surface area contributed by atoms with E-state index in [0.29, 0.717) is 6.42 Å². The standard InChI is InChI=1S/C12H15Cl2NO4S/c1-3-4-7(2)19-12(16)10-8(13)5-6-9(11(10)14)20(15,17)18/h5-7H,3-4H2,1-2H3,(H2,15,17,18). The van der Waals surface area contributed by atoms with Crippen molar-refractivity contribution in [3.05, 3.63) is 27.7 Å². The van der Waals surface area contributed by atoms with E-state index < -0.39 is 16.0 Å². The van der Waals surface area contributed by atoms with Crippen molar-refractivity contribution in [1.29, 1.82) is 0 Å². The van der Waals surface area contributed by atoms with E-state index in [2.05, 4.69) is 0 Å². The van der Waals surface area contributed by atoms with Crippen LogP contribution in [0.25, 0.3) is 0 Å². The van der Waals surface area contributed by atoms with Crippen molar-refractivity contribution in [2.45, 2.75) is 37.7 Å². The average molecular weight is 340 g/mol. The Morgan fingerprint density at radius 1 is 1.40 bits per heavy atom. The third-order valence-electron chi connectivity index (χ3n) is 2.57. The highest BCUT2D eigenvalue weighted by Crippen LogP contribution is 2.31. The number of hydrogen-bond acceptors (Lipinski definition) is 4. The molecular weight excluding hydrogens is 325 g/mol. The topological polar surface area (TPSA) is 86.5 Å². The van der Waals surface area contributed by atoms with Gasteiger partial charge in [-0.1, -0.05) is 36.5 Å². The highest BCUT2D eigenvalue weighted by molar-refractivity contribution is 7.89. The summed E-state index contributed by atoms with van der Waals surface area (Å²) in [4.78, 5) is 11.7. The third kappa shape index (κ3) is 4.09. The van der Waals surface area contributed by atoms with Crippen molar-refractivity contribution >= 4 is 39.2 Å². The van der Waals surface area contributed by atoms with Gasteiger partial charge in [0.1, 0.15) is 4.90 Å². The molecule has 1 aromatic carbocycles. The number of benzene rings is 1. The Labute approximate surface area is 128 Å². The predicted octanol–water partition coefficient (Wildman–Crippen LogP) is 2.99. The lowest BCUT2D eigenvalue weighted by Gasteiger charge is -2.14. The number of rotatable bonds is 5. The molecule has 20 heavy (non-hydrogen) atoms. The summed E-state index contributed by atoms with van der Waals surface area (Å²) in [5, 5.41) is 4.70. The minimum absolute atomic E-state index is 0.0103. The maximum absolute atomic E-state index is 12.0. The lowest BCUT2D eigenvalue weighted by Crippen LogP contribution is -2.18. The molecule has 1 atom stereocenters.